The molecule has 0 N–H and O–H groups in total. The topological polar surface area (TPSA) is 17.8 Å². The first kappa shape index (κ1) is 14.9. The van der Waals surface area contributed by atoms with E-state index in [-0.39, 0.29) is 0 Å². The van der Waals surface area contributed by atoms with E-state index in [4.69, 9.17) is 16.6 Å². The Morgan fingerprint density at radius 2 is 1.95 bits per heavy atom. The molecule has 3 rings (SSSR count). The van der Waals surface area contributed by atoms with E-state index in [1.165, 1.54) is 37.6 Å². The Bertz CT molecular complexity index is 582. The second kappa shape index (κ2) is 6.83. The fraction of sp³-hybridized carbons (Fsp3) is 0.611. The predicted octanol–water partition coefficient (Wildman–Crippen LogP) is 5.03. The molecule has 1 aliphatic carbocycles. The number of hydrogen-bond donors (Lipinski definition) is 0. The molecule has 1 fully saturated rings. The summed E-state index contributed by atoms with van der Waals surface area (Å²) in [6.45, 7) is 3.48. The Balaban J connectivity index is 1.74. The van der Waals surface area contributed by atoms with Gasteiger partial charge in [-0.2, -0.15) is 0 Å². The number of aromatic nitrogens is 2. The molecular weight excluding hydrogens is 280 g/mol. The van der Waals surface area contributed by atoms with Gasteiger partial charge in [-0.25, -0.2) is 4.98 Å². The molecule has 0 atom stereocenters. The smallest absolute Gasteiger partial charge is 0.111 e. The van der Waals surface area contributed by atoms with Crippen molar-refractivity contribution >= 4 is 22.6 Å². The second-order valence-corrected chi connectivity index (χ2v) is 6.90. The van der Waals surface area contributed by atoms with Gasteiger partial charge in [0.15, 0.2) is 0 Å². The summed E-state index contributed by atoms with van der Waals surface area (Å²) in [6.07, 6.45) is 7.76. The van der Waals surface area contributed by atoms with Gasteiger partial charge in [-0.05, 0) is 30.4 Å². The Morgan fingerprint density at radius 3 is 2.71 bits per heavy atom. The van der Waals surface area contributed by atoms with Crippen LogP contribution in [-0.4, -0.2) is 15.4 Å². The van der Waals surface area contributed by atoms with Crippen molar-refractivity contribution in [3.8, 4) is 0 Å². The highest BCUT2D eigenvalue weighted by Crippen LogP contribution is 2.31. The minimum atomic E-state index is 0.643. The van der Waals surface area contributed by atoms with Gasteiger partial charge in [-0.15, -0.1) is 11.6 Å². The summed E-state index contributed by atoms with van der Waals surface area (Å²) in [7, 11) is 0. The molecule has 21 heavy (non-hydrogen) atoms. The predicted molar refractivity (Wildman–Crippen MR) is 89.9 cm³/mol. The number of benzene rings is 1. The van der Waals surface area contributed by atoms with E-state index in [0.717, 1.165) is 36.1 Å². The average molecular weight is 305 g/mol. The standard InChI is InChI=1S/C18H25ClN2/c1-14-6-8-15(9-7-14)11-13-21-17-5-3-2-4-16(17)20-18(21)10-12-19/h2-5,14-15H,6-13H2,1H3. The van der Waals surface area contributed by atoms with E-state index >= 15 is 0 Å². The van der Waals surface area contributed by atoms with Crippen LogP contribution in [0, 0.1) is 11.8 Å². The Morgan fingerprint density at radius 1 is 1.19 bits per heavy atom. The molecule has 3 heteroatoms. The minimum absolute atomic E-state index is 0.643. The molecule has 1 aliphatic rings. The molecular formula is C18H25ClN2. The molecule has 1 aromatic carbocycles. The van der Waals surface area contributed by atoms with Crippen LogP contribution < -0.4 is 0 Å². The van der Waals surface area contributed by atoms with Gasteiger partial charge in [-0.1, -0.05) is 44.7 Å². The summed E-state index contributed by atoms with van der Waals surface area (Å²) in [5.41, 5.74) is 2.37. The number of para-hydroxylation sites is 2. The summed E-state index contributed by atoms with van der Waals surface area (Å²) < 4.78 is 2.40. The number of rotatable bonds is 5. The maximum absolute atomic E-state index is 5.95. The average Bonchev–Trinajstić information content (AvgIpc) is 2.85. The van der Waals surface area contributed by atoms with Gasteiger partial charge in [0, 0.05) is 18.8 Å². The minimum Gasteiger partial charge on any atom is -0.328 e. The van der Waals surface area contributed by atoms with Crippen molar-refractivity contribution in [1.29, 1.82) is 0 Å². The molecule has 0 saturated heterocycles. The third-order valence-corrected chi connectivity index (χ3v) is 5.14. The molecule has 2 nitrogen and oxygen atoms in total. The lowest BCUT2D eigenvalue weighted by Crippen LogP contribution is -2.15. The van der Waals surface area contributed by atoms with Crippen LogP contribution in [-0.2, 0) is 13.0 Å². The maximum Gasteiger partial charge on any atom is 0.111 e. The first-order valence-electron chi connectivity index (χ1n) is 8.28. The highest BCUT2D eigenvalue weighted by molar-refractivity contribution is 6.17. The van der Waals surface area contributed by atoms with E-state index in [2.05, 4.69) is 35.8 Å². The Kier molecular flexibility index (Phi) is 4.84. The van der Waals surface area contributed by atoms with Crippen molar-refractivity contribution in [3.05, 3.63) is 30.1 Å². The lowest BCUT2D eigenvalue weighted by Gasteiger charge is -2.26. The number of halogens is 1. The molecule has 2 aromatic rings. The van der Waals surface area contributed by atoms with E-state index in [1.807, 2.05) is 0 Å². The quantitative estimate of drug-likeness (QED) is 0.708. The van der Waals surface area contributed by atoms with Crippen molar-refractivity contribution in [3.63, 3.8) is 0 Å². The number of hydrogen-bond acceptors (Lipinski definition) is 1. The van der Waals surface area contributed by atoms with Crippen LogP contribution in [0.3, 0.4) is 0 Å². The van der Waals surface area contributed by atoms with Crippen LogP contribution in [0.1, 0.15) is 44.9 Å². The van der Waals surface area contributed by atoms with Gasteiger partial charge in [0.25, 0.3) is 0 Å². The second-order valence-electron chi connectivity index (χ2n) is 6.52. The van der Waals surface area contributed by atoms with E-state index in [9.17, 15) is 0 Å². The number of nitrogens with zero attached hydrogens (tertiary/aromatic N) is 2. The summed E-state index contributed by atoms with van der Waals surface area (Å²) in [6, 6.07) is 8.45. The largest absolute Gasteiger partial charge is 0.328 e. The first-order chi connectivity index (χ1) is 10.3. The van der Waals surface area contributed by atoms with Crippen molar-refractivity contribution in [2.75, 3.05) is 5.88 Å². The molecule has 1 heterocycles. The molecule has 0 amide bonds. The summed E-state index contributed by atoms with van der Waals surface area (Å²) in [5.74, 6) is 3.62. The zero-order chi connectivity index (χ0) is 14.7. The van der Waals surface area contributed by atoms with Crippen LogP contribution in [0.4, 0.5) is 0 Å². The molecule has 0 unspecified atom stereocenters. The van der Waals surface area contributed by atoms with Crippen molar-refractivity contribution in [1.82, 2.24) is 9.55 Å². The lowest BCUT2D eigenvalue weighted by molar-refractivity contribution is 0.269. The number of fused-ring (bicyclic) bond motifs is 1. The molecule has 114 valence electrons. The van der Waals surface area contributed by atoms with Gasteiger partial charge < -0.3 is 4.57 Å². The normalized spacial score (nSPS) is 22.8. The molecule has 0 aliphatic heterocycles. The van der Waals surface area contributed by atoms with Crippen LogP contribution in [0.15, 0.2) is 24.3 Å². The molecule has 1 saturated carbocycles. The Labute approximate surface area is 132 Å². The van der Waals surface area contributed by atoms with Crippen molar-refractivity contribution in [2.24, 2.45) is 11.8 Å². The maximum atomic E-state index is 5.95. The number of alkyl halides is 1. The molecule has 0 bridgehead atoms. The molecule has 0 radical (unpaired) electrons. The third-order valence-electron chi connectivity index (χ3n) is 4.95. The summed E-state index contributed by atoms with van der Waals surface area (Å²) in [4.78, 5) is 4.76. The van der Waals surface area contributed by atoms with Gasteiger partial charge in [0.1, 0.15) is 5.82 Å². The third kappa shape index (κ3) is 3.42. The van der Waals surface area contributed by atoms with Crippen LogP contribution in [0.25, 0.3) is 11.0 Å². The lowest BCUT2D eigenvalue weighted by atomic mass is 9.81. The van der Waals surface area contributed by atoms with Gasteiger partial charge in [0.05, 0.1) is 11.0 Å². The zero-order valence-corrected chi connectivity index (χ0v) is 13.6. The van der Waals surface area contributed by atoms with Gasteiger partial charge in [-0.3, -0.25) is 0 Å². The number of imidazole rings is 1. The molecule has 0 spiro atoms. The first-order valence-corrected chi connectivity index (χ1v) is 8.81. The van der Waals surface area contributed by atoms with Gasteiger partial charge in [0.2, 0.25) is 0 Å². The van der Waals surface area contributed by atoms with E-state index < -0.39 is 0 Å². The van der Waals surface area contributed by atoms with Crippen LogP contribution >= 0.6 is 11.6 Å². The fourth-order valence-corrected chi connectivity index (χ4v) is 3.75. The van der Waals surface area contributed by atoms with E-state index in [1.54, 1.807) is 0 Å². The fourth-order valence-electron chi connectivity index (χ4n) is 3.58. The van der Waals surface area contributed by atoms with Crippen molar-refractivity contribution < 1.29 is 0 Å². The molecule has 1 aromatic heterocycles. The van der Waals surface area contributed by atoms with Gasteiger partial charge >= 0.3 is 0 Å². The highest BCUT2D eigenvalue weighted by Gasteiger charge is 2.19. The Hall–Kier alpha value is -1.02. The zero-order valence-electron chi connectivity index (χ0n) is 12.9. The van der Waals surface area contributed by atoms with Crippen LogP contribution in [0.5, 0.6) is 0 Å². The SMILES string of the molecule is CC1CCC(CCn2c(CCCl)nc3ccccc32)CC1. The summed E-state index contributed by atoms with van der Waals surface area (Å²) >= 11 is 5.95. The highest BCUT2D eigenvalue weighted by atomic mass is 35.5. The monoisotopic (exact) mass is 304 g/mol. The number of aryl methyl sites for hydroxylation is 2. The van der Waals surface area contributed by atoms with Crippen LogP contribution in [0.2, 0.25) is 0 Å². The van der Waals surface area contributed by atoms with E-state index in [0.29, 0.717) is 5.88 Å². The summed E-state index contributed by atoms with van der Waals surface area (Å²) in [5, 5.41) is 0. The van der Waals surface area contributed by atoms with Crippen molar-refractivity contribution in [2.45, 2.75) is 52.0 Å².